The van der Waals surface area contributed by atoms with Gasteiger partial charge in [-0.2, -0.15) is 0 Å². The van der Waals surface area contributed by atoms with Crippen molar-refractivity contribution in [1.29, 1.82) is 0 Å². The first kappa shape index (κ1) is 11.4. The maximum Gasteiger partial charge on any atom is 0.260 e. The standard InChI is InChI=1S/C8H8ClN3O3S2/c9-6-7(12-1-2-16-8(12)10-6)17(13,14)11-5-3-15-4-5/h1-2,5,11H,3-4H2. The Morgan fingerprint density at radius 1 is 1.59 bits per heavy atom. The summed E-state index contributed by atoms with van der Waals surface area (Å²) in [5.41, 5.74) is 0. The van der Waals surface area contributed by atoms with Gasteiger partial charge in [-0.3, -0.25) is 4.40 Å². The zero-order valence-corrected chi connectivity index (χ0v) is 10.8. The highest BCUT2D eigenvalue weighted by atomic mass is 35.5. The predicted molar refractivity (Wildman–Crippen MR) is 63.0 cm³/mol. The summed E-state index contributed by atoms with van der Waals surface area (Å²) in [5.74, 6) is 0. The van der Waals surface area contributed by atoms with Crippen LogP contribution in [0.3, 0.4) is 0 Å². The summed E-state index contributed by atoms with van der Waals surface area (Å²) >= 11 is 7.19. The molecule has 0 bridgehead atoms. The summed E-state index contributed by atoms with van der Waals surface area (Å²) in [7, 11) is -3.66. The molecule has 9 heteroatoms. The number of hydrogen-bond acceptors (Lipinski definition) is 5. The molecule has 1 saturated heterocycles. The Bertz CT molecular complexity index is 659. The molecule has 0 aliphatic carbocycles. The quantitative estimate of drug-likeness (QED) is 0.905. The first-order chi connectivity index (χ1) is 8.08. The molecular formula is C8H8ClN3O3S2. The van der Waals surface area contributed by atoms with E-state index in [4.69, 9.17) is 16.3 Å². The molecule has 0 unspecified atom stereocenters. The molecule has 0 radical (unpaired) electrons. The van der Waals surface area contributed by atoms with Gasteiger partial charge in [-0.05, 0) is 0 Å². The minimum Gasteiger partial charge on any atom is -0.378 e. The minimum atomic E-state index is -3.66. The SMILES string of the molecule is O=S(=O)(NC1COC1)c1c(Cl)nc2sccn12. The number of nitrogens with one attached hydrogen (secondary N) is 1. The number of ether oxygens (including phenoxy) is 1. The van der Waals surface area contributed by atoms with Gasteiger partial charge in [-0.15, -0.1) is 11.3 Å². The molecule has 0 spiro atoms. The Morgan fingerprint density at radius 2 is 2.35 bits per heavy atom. The van der Waals surface area contributed by atoms with Crippen LogP contribution in [0.2, 0.25) is 5.15 Å². The number of nitrogens with zero attached hydrogens (tertiary/aromatic N) is 2. The van der Waals surface area contributed by atoms with Crippen molar-refractivity contribution in [1.82, 2.24) is 14.1 Å². The Kier molecular flexibility index (Phi) is 2.64. The van der Waals surface area contributed by atoms with Gasteiger partial charge in [0.1, 0.15) is 0 Å². The molecule has 1 aliphatic heterocycles. The largest absolute Gasteiger partial charge is 0.378 e. The summed E-state index contributed by atoms with van der Waals surface area (Å²) in [6, 6.07) is -0.180. The van der Waals surface area contributed by atoms with Crippen LogP contribution in [0, 0.1) is 0 Å². The number of hydrogen-bond donors (Lipinski definition) is 1. The zero-order chi connectivity index (χ0) is 12.0. The van der Waals surface area contributed by atoms with E-state index in [9.17, 15) is 8.42 Å². The Morgan fingerprint density at radius 3 is 3.00 bits per heavy atom. The maximum atomic E-state index is 12.1. The van der Waals surface area contributed by atoms with Crippen LogP contribution >= 0.6 is 22.9 Å². The van der Waals surface area contributed by atoms with Gasteiger partial charge in [0, 0.05) is 11.6 Å². The topological polar surface area (TPSA) is 72.7 Å². The number of sulfonamides is 1. The van der Waals surface area contributed by atoms with Gasteiger partial charge in [0.25, 0.3) is 10.0 Å². The van der Waals surface area contributed by atoms with E-state index in [2.05, 4.69) is 9.71 Å². The molecule has 0 saturated carbocycles. The third-order valence-electron chi connectivity index (χ3n) is 2.39. The van der Waals surface area contributed by atoms with Gasteiger partial charge < -0.3 is 4.74 Å². The average Bonchev–Trinajstić information content (AvgIpc) is 2.70. The monoisotopic (exact) mass is 293 g/mol. The first-order valence-corrected chi connectivity index (χ1v) is 7.53. The van der Waals surface area contributed by atoms with Crippen LogP contribution < -0.4 is 4.72 Å². The van der Waals surface area contributed by atoms with Crippen LogP contribution in [0.1, 0.15) is 0 Å². The second kappa shape index (κ2) is 3.92. The van der Waals surface area contributed by atoms with Crippen molar-refractivity contribution in [3.63, 3.8) is 0 Å². The van der Waals surface area contributed by atoms with Crippen LogP contribution in [-0.4, -0.2) is 37.1 Å². The molecule has 1 N–H and O–H groups in total. The molecule has 0 atom stereocenters. The lowest BCUT2D eigenvalue weighted by Gasteiger charge is -2.26. The van der Waals surface area contributed by atoms with E-state index in [-0.39, 0.29) is 16.2 Å². The van der Waals surface area contributed by atoms with Crippen LogP contribution in [0.15, 0.2) is 16.6 Å². The Labute approximate surface area is 106 Å². The molecule has 1 fully saturated rings. The smallest absolute Gasteiger partial charge is 0.260 e. The molecule has 6 nitrogen and oxygen atoms in total. The molecule has 0 aromatic carbocycles. The molecule has 3 heterocycles. The van der Waals surface area contributed by atoms with Crippen molar-refractivity contribution in [2.45, 2.75) is 11.1 Å². The van der Waals surface area contributed by atoms with Gasteiger partial charge >= 0.3 is 0 Å². The normalized spacial score (nSPS) is 17.5. The van der Waals surface area contributed by atoms with E-state index in [1.54, 1.807) is 11.6 Å². The third-order valence-corrected chi connectivity index (χ3v) is 5.07. The van der Waals surface area contributed by atoms with E-state index < -0.39 is 10.0 Å². The maximum absolute atomic E-state index is 12.1. The van der Waals surface area contributed by atoms with Gasteiger partial charge in [-0.25, -0.2) is 18.1 Å². The number of halogens is 1. The molecule has 92 valence electrons. The zero-order valence-electron chi connectivity index (χ0n) is 8.46. The lowest BCUT2D eigenvalue weighted by atomic mass is 10.3. The lowest BCUT2D eigenvalue weighted by molar-refractivity contribution is 0.00479. The molecule has 1 aliphatic rings. The fourth-order valence-corrected chi connectivity index (χ4v) is 4.22. The van der Waals surface area contributed by atoms with E-state index in [0.717, 1.165) is 0 Å². The van der Waals surface area contributed by atoms with Gasteiger partial charge in [0.15, 0.2) is 15.1 Å². The highest BCUT2D eigenvalue weighted by molar-refractivity contribution is 7.89. The van der Waals surface area contributed by atoms with E-state index >= 15 is 0 Å². The van der Waals surface area contributed by atoms with Gasteiger partial charge in [0.2, 0.25) is 0 Å². The summed E-state index contributed by atoms with van der Waals surface area (Å²) in [5, 5.41) is 1.73. The molecule has 2 aromatic rings. The molecule has 2 aromatic heterocycles. The van der Waals surface area contributed by atoms with Crippen LogP contribution in [0.25, 0.3) is 4.96 Å². The van der Waals surface area contributed by atoms with Crippen LogP contribution in [0.4, 0.5) is 0 Å². The minimum absolute atomic E-state index is 0.00964. The van der Waals surface area contributed by atoms with Crippen molar-refractivity contribution in [3.05, 3.63) is 16.7 Å². The van der Waals surface area contributed by atoms with Crippen molar-refractivity contribution >= 4 is 37.9 Å². The number of rotatable bonds is 3. The van der Waals surface area contributed by atoms with Crippen LogP contribution in [0.5, 0.6) is 0 Å². The molecular weight excluding hydrogens is 286 g/mol. The first-order valence-electron chi connectivity index (χ1n) is 4.79. The Hall–Kier alpha value is -0.670. The number of aromatic nitrogens is 2. The van der Waals surface area contributed by atoms with E-state index in [1.807, 2.05) is 0 Å². The van der Waals surface area contributed by atoms with Crippen molar-refractivity contribution in [2.75, 3.05) is 13.2 Å². The van der Waals surface area contributed by atoms with Gasteiger partial charge in [0.05, 0.1) is 19.3 Å². The van der Waals surface area contributed by atoms with Crippen molar-refractivity contribution in [3.8, 4) is 0 Å². The molecule has 0 amide bonds. The summed E-state index contributed by atoms with van der Waals surface area (Å²) in [4.78, 5) is 4.54. The highest BCUT2D eigenvalue weighted by Gasteiger charge is 2.30. The summed E-state index contributed by atoms with van der Waals surface area (Å²) in [6.45, 7) is 0.783. The average molecular weight is 294 g/mol. The summed E-state index contributed by atoms with van der Waals surface area (Å²) in [6.07, 6.45) is 1.63. The van der Waals surface area contributed by atoms with Crippen molar-refractivity contribution in [2.24, 2.45) is 0 Å². The lowest BCUT2D eigenvalue weighted by Crippen LogP contribution is -2.48. The second-order valence-electron chi connectivity index (χ2n) is 3.62. The third kappa shape index (κ3) is 1.85. The second-order valence-corrected chi connectivity index (χ2v) is 6.48. The fraction of sp³-hybridized carbons (Fsp3) is 0.375. The van der Waals surface area contributed by atoms with E-state index in [1.165, 1.54) is 15.7 Å². The Balaban J connectivity index is 2.06. The summed E-state index contributed by atoms with van der Waals surface area (Å²) < 4.78 is 33.2. The molecule has 3 rings (SSSR count). The predicted octanol–water partition coefficient (Wildman–Crippen LogP) is 0.726. The molecule has 17 heavy (non-hydrogen) atoms. The van der Waals surface area contributed by atoms with Crippen molar-refractivity contribution < 1.29 is 13.2 Å². The fourth-order valence-electron chi connectivity index (χ4n) is 1.56. The van der Waals surface area contributed by atoms with E-state index in [0.29, 0.717) is 18.2 Å². The van der Waals surface area contributed by atoms with Gasteiger partial charge in [-0.1, -0.05) is 11.6 Å². The highest BCUT2D eigenvalue weighted by Crippen LogP contribution is 2.25. The van der Waals surface area contributed by atoms with Crippen LogP contribution in [-0.2, 0) is 14.8 Å². The number of fused-ring (bicyclic) bond motifs is 1. The number of imidazole rings is 1. The number of thiazole rings is 1.